The fourth-order valence-electron chi connectivity index (χ4n) is 1.83. The maximum absolute atomic E-state index is 12.0. The number of amides is 1. The Balaban J connectivity index is 2.32. The van der Waals surface area contributed by atoms with E-state index in [0.29, 0.717) is 24.6 Å². The van der Waals surface area contributed by atoms with Gasteiger partial charge in [-0.25, -0.2) is 0 Å². The third kappa shape index (κ3) is 5.61. The lowest BCUT2D eigenvalue weighted by atomic mass is 10.1. The van der Waals surface area contributed by atoms with Crippen molar-refractivity contribution >= 4 is 11.6 Å². The Morgan fingerprint density at radius 2 is 2.05 bits per heavy atom. The number of benzene rings is 1. The van der Waals surface area contributed by atoms with Crippen molar-refractivity contribution in [1.29, 1.82) is 0 Å². The highest BCUT2D eigenvalue weighted by Gasteiger charge is 2.08. The zero-order valence-electron chi connectivity index (χ0n) is 13.0. The van der Waals surface area contributed by atoms with Crippen LogP contribution in [0.15, 0.2) is 18.2 Å². The third-order valence-electron chi connectivity index (χ3n) is 3.13. The van der Waals surface area contributed by atoms with E-state index in [1.165, 1.54) is 0 Å². The SMILES string of the molecule is CNc1ccc(C(=O)NCCOCCC(C)C)c(C)c1. The Kier molecular flexibility index (Phi) is 7.09. The number of carbonyl (C=O) groups is 1. The Morgan fingerprint density at radius 3 is 2.65 bits per heavy atom. The minimum absolute atomic E-state index is 0.0439. The molecule has 0 saturated heterocycles. The molecular formula is C16H26N2O2. The lowest BCUT2D eigenvalue weighted by Gasteiger charge is -2.10. The van der Waals surface area contributed by atoms with Gasteiger partial charge < -0.3 is 15.4 Å². The summed E-state index contributed by atoms with van der Waals surface area (Å²) in [5.41, 5.74) is 2.69. The average molecular weight is 278 g/mol. The highest BCUT2D eigenvalue weighted by atomic mass is 16.5. The molecule has 2 N–H and O–H groups in total. The summed E-state index contributed by atoms with van der Waals surface area (Å²) in [6.45, 7) is 8.14. The summed E-state index contributed by atoms with van der Waals surface area (Å²) < 4.78 is 5.47. The van der Waals surface area contributed by atoms with E-state index >= 15 is 0 Å². The average Bonchev–Trinajstić information content (AvgIpc) is 2.41. The van der Waals surface area contributed by atoms with Gasteiger partial charge in [-0.2, -0.15) is 0 Å². The predicted molar refractivity (Wildman–Crippen MR) is 83.3 cm³/mol. The van der Waals surface area contributed by atoms with Crippen LogP contribution in [-0.2, 0) is 4.74 Å². The smallest absolute Gasteiger partial charge is 0.251 e. The lowest BCUT2D eigenvalue weighted by Crippen LogP contribution is -2.28. The number of ether oxygens (including phenoxy) is 1. The van der Waals surface area contributed by atoms with Gasteiger partial charge in [0.05, 0.1) is 6.61 Å². The molecule has 0 saturated carbocycles. The van der Waals surface area contributed by atoms with Crippen LogP contribution >= 0.6 is 0 Å². The van der Waals surface area contributed by atoms with Crippen molar-refractivity contribution < 1.29 is 9.53 Å². The summed E-state index contributed by atoms with van der Waals surface area (Å²) in [6.07, 6.45) is 1.05. The number of hydrogen-bond acceptors (Lipinski definition) is 3. The minimum Gasteiger partial charge on any atom is -0.388 e. The first kappa shape index (κ1) is 16.5. The zero-order chi connectivity index (χ0) is 15.0. The van der Waals surface area contributed by atoms with E-state index in [9.17, 15) is 4.79 Å². The summed E-state index contributed by atoms with van der Waals surface area (Å²) in [5.74, 6) is 0.607. The van der Waals surface area contributed by atoms with Gasteiger partial charge in [-0.15, -0.1) is 0 Å². The molecule has 0 aromatic heterocycles. The molecule has 1 aromatic carbocycles. The van der Waals surface area contributed by atoms with Gasteiger partial charge in [0.1, 0.15) is 0 Å². The first-order valence-electron chi connectivity index (χ1n) is 7.19. The van der Waals surface area contributed by atoms with Gasteiger partial charge in [-0.3, -0.25) is 4.79 Å². The molecule has 0 unspecified atom stereocenters. The number of nitrogens with one attached hydrogen (secondary N) is 2. The van der Waals surface area contributed by atoms with Gasteiger partial charge in [0.25, 0.3) is 5.91 Å². The van der Waals surface area contributed by atoms with Crippen LogP contribution in [0.5, 0.6) is 0 Å². The first-order chi connectivity index (χ1) is 9.54. The highest BCUT2D eigenvalue weighted by molar-refractivity contribution is 5.96. The van der Waals surface area contributed by atoms with Crippen molar-refractivity contribution in [3.05, 3.63) is 29.3 Å². The van der Waals surface area contributed by atoms with Crippen molar-refractivity contribution in [3.63, 3.8) is 0 Å². The Morgan fingerprint density at radius 1 is 1.30 bits per heavy atom. The molecule has 4 nitrogen and oxygen atoms in total. The maximum Gasteiger partial charge on any atom is 0.251 e. The van der Waals surface area contributed by atoms with Crippen molar-refractivity contribution in [2.45, 2.75) is 27.2 Å². The highest BCUT2D eigenvalue weighted by Crippen LogP contribution is 2.14. The summed E-state index contributed by atoms with van der Waals surface area (Å²) in [7, 11) is 1.86. The van der Waals surface area contributed by atoms with Gasteiger partial charge >= 0.3 is 0 Å². The standard InChI is InChI=1S/C16H26N2O2/c1-12(2)7-9-20-10-8-18-16(19)15-6-5-14(17-4)11-13(15)3/h5-6,11-12,17H,7-10H2,1-4H3,(H,18,19). The van der Waals surface area contributed by atoms with Crippen LogP contribution in [0.25, 0.3) is 0 Å². The monoisotopic (exact) mass is 278 g/mol. The van der Waals surface area contributed by atoms with Crippen LogP contribution in [-0.4, -0.2) is 32.7 Å². The van der Waals surface area contributed by atoms with Crippen LogP contribution in [0.2, 0.25) is 0 Å². The van der Waals surface area contributed by atoms with Gasteiger partial charge in [-0.1, -0.05) is 13.8 Å². The topological polar surface area (TPSA) is 50.4 Å². The molecule has 0 aliphatic rings. The molecule has 0 aliphatic carbocycles. The molecule has 0 spiro atoms. The van der Waals surface area contributed by atoms with E-state index in [0.717, 1.165) is 24.3 Å². The summed E-state index contributed by atoms with van der Waals surface area (Å²) in [4.78, 5) is 12.0. The number of aryl methyl sites for hydroxylation is 1. The molecule has 0 atom stereocenters. The Labute approximate surface area is 121 Å². The largest absolute Gasteiger partial charge is 0.388 e. The van der Waals surface area contributed by atoms with Crippen molar-refractivity contribution in [3.8, 4) is 0 Å². The first-order valence-corrected chi connectivity index (χ1v) is 7.19. The minimum atomic E-state index is -0.0439. The number of carbonyl (C=O) groups excluding carboxylic acids is 1. The fourth-order valence-corrected chi connectivity index (χ4v) is 1.83. The van der Waals surface area contributed by atoms with Gasteiger partial charge in [0, 0.05) is 31.5 Å². The van der Waals surface area contributed by atoms with Crippen molar-refractivity contribution in [1.82, 2.24) is 5.32 Å². The third-order valence-corrected chi connectivity index (χ3v) is 3.13. The molecule has 1 rings (SSSR count). The Hall–Kier alpha value is -1.55. The van der Waals surface area contributed by atoms with Crippen LogP contribution in [0.3, 0.4) is 0 Å². The van der Waals surface area contributed by atoms with E-state index in [2.05, 4.69) is 24.5 Å². The Bertz CT molecular complexity index is 430. The van der Waals surface area contributed by atoms with Crippen molar-refractivity contribution in [2.75, 3.05) is 32.1 Å². The second kappa shape index (κ2) is 8.59. The molecule has 0 bridgehead atoms. The van der Waals surface area contributed by atoms with Crippen LogP contribution in [0.4, 0.5) is 5.69 Å². The quantitative estimate of drug-likeness (QED) is 0.719. The predicted octanol–water partition coefficient (Wildman–Crippen LogP) is 2.83. The molecule has 112 valence electrons. The zero-order valence-corrected chi connectivity index (χ0v) is 13.0. The van der Waals surface area contributed by atoms with E-state index in [1.54, 1.807) is 0 Å². The summed E-state index contributed by atoms with van der Waals surface area (Å²) in [5, 5.41) is 5.94. The van der Waals surface area contributed by atoms with E-state index in [-0.39, 0.29) is 5.91 Å². The summed E-state index contributed by atoms with van der Waals surface area (Å²) >= 11 is 0. The van der Waals surface area contributed by atoms with Crippen molar-refractivity contribution in [2.24, 2.45) is 5.92 Å². The lowest BCUT2D eigenvalue weighted by molar-refractivity contribution is 0.0905. The van der Waals surface area contributed by atoms with E-state index in [1.807, 2.05) is 32.2 Å². The van der Waals surface area contributed by atoms with Gasteiger partial charge in [0.2, 0.25) is 0 Å². The van der Waals surface area contributed by atoms with E-state index < -0.39 is 0 Å². The van der Waals surface area contributed by atoms with Gasteiger partial charge in [-0.05, 0) is 43.0 Å². The number of anilines is 1. The van der Waals surface area contributed by atoms with Gasteiger partial charge in [0.15, 0.2) is 0 Å². The molecule has 1 amide bonds. The van der Waals surface area contributed by atoms with Crippen LogP contribution in [0, 0.1) is 12.8 Å². The van der Waals surface area contributed by atoms with Crippen LogP contribution in [0.1, 0.15) is 36.2 Å². The fraction of sp³-hybridized carbons (Fsp3) is 0.562. The molecular weight excluding hydrogens is 252 g/mol. The van der Waals surface area contributed by atoms with E-state index in [4.69, 9.17) is 4.74 Å². The molecule has 1 aromatic rings. The molecule has 0 fully saturated rings. The molecule has 20 heavy (non-hydrogen) atoms. The molecule has 0 radical (unpaired) electrons. The molecule has 4 heteroatoms. The molecule has 0 aliphatic heterocycles. The van der Waals surface area contributed by atoms with Crippen LogP contribution < -0.4 is 10.6 Å². The number of hydrogen-bond donors (Lipinski definition) is 2. The molecule has 0 heterocycles. The summed E-state index contributed by atoms with van der Waals surface area (Å²) in [6, 6.07) is 5.71. The maximum atomic E-state index is 12.0. The normalized spacial score (nSPS) is 10.7. The second-order valence-electron chi connectivity index (χ2n) is 5.33. The second-order valence-corrected chi connectivity index (χ2v) is 5.33. The number of rotatable bonds is 8.